The molecule has 0 spiro atoms. The van der Waals surface area contributed by atoms with Crippen LogP contribution < -0.4 is 10.8 Å². The summed E-state index contributed by atoms with van der Waals surface area (Å²) in [5.41, 5.74) is 2.22. The first-order valence-corrected chi connectivity index (χ1v) is 3.82. The van der Waals surface area contributed by atoms with E-state index in [2.05, 4.69) is 15.6 Å². The summed E-state index contributed by atoms with van der Waals surface area (Å²) in [4.78, 5) is 25.8. The summed E-state index contributed by atoms with van der Waals surface area (Å²) in [6.45, 7) is 3.95. The fourth-order valence-electron chi connectivity index (χ4n) is 0.556. The summed E-state index contributed by atoms with van der Waals surface area (Å²) < 4.78 is 0. The lowest BCUT2D eigenvalue weighted by atomic mass is 10.4. The van der Waals surface area contributed by atoms with Crippen LogP contribution in [0.4, 0.5) is 0 Å². The van der Waals surface area contributed by atoms with Gasteiger partial charge >= 0.3 is 0 Å². The number of hydroxylamine groups is 1. The molecule has 0 aromatic rings. The lowest BCUT2D eigenvalue weighted by molar-refractivity contribution is -0.133. The summed E-state index contributed by atoms with van der Waals surface area (Å²) in [6, 6.07) is 0. The third-order valence-corrected chi connectivity index (χ3v) is 1.06. The molecule has 5 heteroatoms. The Labute approximate surface area is 71.4 Å². The molecule has 2 amide bonds. The summed E-state index contributed by atoms with van der Waals surface area (Å²) >= 11 is 0. The van der Waals surface area contributed by atoms with Crippen LogP contribution in [0.1, 0.15) is 20.3 Å². The molecule has 0 saturated heterocycles. The van der Waals surface area contributed by atoms with E-state index in [-0.39, 0.29) is 18.2 Å². The molecule has 0 radical (unpaired) electrons. The van der Waals surface area contributed by atoms with Gasteiger partial charge in [0.15, 0.2) is 0 Å². The van der Waals surface area contributed by atoms with Gasteiger partial charge < -0.3 is 5.32 Å². The second-order valence-corrected chi connectivity index (χ2v) is 2.19. The molecule has 0 aliphatic carbocycles. The van der Waals surface area contributed by atoms with Crippen molar-refractivity contribution < 1.29 is 14.4 Å². The zero-order valence-corrected chi connectivity index (χ0v) is 7.35. The van der Waals surface area contributed by atoms with Crippen LogP contribution in [-0.2, 0) is 14.4 Å². The van der Waals surface area contributed by atoms with Crippen molar-refractivity contribution in [3.63, 3.8) is 0 Å². The first-order chi connectivity index (χ1) is 5.66. The minimum Gasteiger partial charge on any atom is -0.356 e. The molecule has 0 aliphatic heterocycles. The number of carbonyl (C=O) groups excluding carboxylic acids is 2. The van der Waals surface area contributed by atoms with E-state index in [1.54, 1.807) is 6.92 Å². The van der Waals surface area contributed by atoms with Gasteiger partial charge in [0.25, 0.3) is 0 Å². The number of nitrogens with one attached hydrogen (secondary N) is 2. The standard InChI is InChI=1S/C7H14N2O3/c1-3-12-9-7(11)4-5-8-6(2)10/h3-5H2,1-2H3,(H,8,10)(H,9,11). The Bertz CT molecular complexity index is 159. The van der Waals surface area contributed by atoms with Crippen LogP contribution in [0.2, 0.25) is 0 Å². The molecule has 0 rings (SSSR count). The molecule has 0 fully saturated rings. The van der Waals surface area contributed by atoms with E-state index in [1.165, 1.54) is 6.92 Å². The highest BCUT2D eigenvalue weighted by Crippen LogP contribution is 1.77. The van der Waals surface area contributed by atoms with Gasteiger partial charge in [-0.1, -0.05) is 0 Å². The van der Waals surface area contributed by atoms with Crippen LogP contribution in [0.15, 0.2) is 0 Å². The lowest BCUT2D eigenvalue weighted by Crippen LogP contribution is -2.29. The Hall–Kier alpha value is -1.10. The molecule has 5 nitrogen and oxygen atoms in total. The zero-order chi connectivity index (χ0) is 9.40. The number of hydrogen-bond donors (Lipinski definition) is 2. The molecule has 0 aromatic heterocycles. The molecular formula is C7H14N2O3. The monoisotopic (exact) mass is 174 g/mol. The van der Waals surface area contributed by atoms with Crippen LogP contribution in [0.25, 0.3) is 0 Å². The number of rotatable bonds is 5. The second-order valence-electron chi connectivity index (χ2n) is 2.19. The van der Waals surface area contributed by atoms with Gasteiger partial charge in [0.05, 0.1) is 6.61 Å². The summed E-state index contributed by atoms with van der Waals surface area (Å²) in [7, 11) is 0. The largest absolute Gasteiger partial charge is 0.356 e. The maximum atomic E-state index is 10.8. The molecule has 2 N–H and O–H groups in total. The van der Waals surface area contributed by atoms with Gasteiger partial charge in [0.1, 0.15) is 0 Å². The maximum absolute atomic E-state index is 10.8. The Kier molecular flexibility index (Phi) is 6.00. The van der Waals surface area contributed by atoms with E-state index in [1.807, 2.05) is 0 Å². The van der Waals surface area contributed by atoms with Crippen LogP contribution in [0.3, 0.4) is 0 Å². The predicted octanol–water partition coefficient (Wildman–Crippen LogP) is -0.420. The van der Waals surface area contributed by atoms with Crippen molar-refractivity contribution in [3.05, 3.63) is 0 Å². The van der Waals surface area contributed by atoms with Crippen LogP contribution in [-0.4, -0.2) is 25.0 Å². The number of amides is 2. The van der Waals surface area contributed by atoms with Gasteiger partial charge in [-0.3, -0.25) is 14.4 Å². The Morgan fingerprint density at radius 3 is 2.58 bits per heavy atom. The van der Waals surface area contributed by atoms with Crippen molar-refractivity contribution in [1.29, 1.82) is 0 Å². The first kappa shape index (κ1) is 10.9. The first-order valence-electron chi connectivity index (χ1n) is 3.82. The molecule has 0 atom stereocenters. The van der Waals surface area contributed by atoms with Gasteiger partial charge in [0, 0.05) is 19.9 Å². The maximum Gasteiger partial charge on any atom is 0.245 e. The van der Waals surface area contributed by atoms with E-state index in [4.69, 9.17) is 0 Å². The number of carbonyl (C=O) groups is 2. The molecule has 70 valence electrons. The average Bonchev–Trinajstić information content (AvgIpc) is 2.00. The van der Waals surface area contributed by atoms with Gasteiger partial charge in [-0.2, -0.15) is 0 Å². The summed E-state index contributed by atoms with van der Waals surface area (Å²) in [5.74, 6) is -0.371. The fourth-order valence-corrected chi connectivity index (χ4v) is 0.556. The summed E-state index contributed by atoms with van der Waals surface area (Å²) in [6.07, 6.45) is 0.236. The average molecular weight is 174 g/mol. The predicted molar refractivity (Wildman–Crippen MR) is 43.1 cm³/mol. The normalized spacial score (nSPS) is 9.17. The third-order valence-electron chi connectivity index (χ3n) is 1.06. The van der Waals surface area contributed by atoms with Crippen molar-refractivity contribution in [2.24, 2.45) is 0 Å². The number of hydrogen-bond acceptors (Lipinski definition) is 3. The Balaban J connectivity index is 3.25. The van der Waals surface area contributed by atoms with E-state index >= 15 is 0 Å². The third kappa shape index (κ3) is 7.01. The van der Waals surface area contributed by atoms with Crippen LogP contribution >= 0.6 is 0 Å². The highest BCUT2D eigenvalue weighted by Gasteiger charge is 1.99. The zero-order valence-electron chi connectivity index (χ0n) is 7.35. The molecule has 0 aromatic carbocycles. The van der Waals surface area contributed by atoms with E-state index in [0.29, 0.717) is 13.2 Å². The van der Waals surface area contributed by atoms with Gasteiger partial charge in [-0.25, -0.2) is 5.48 Å². The molecular weight excluding hydrogens is 160 g/mol. The smallest absolute Gasteiger partial charge is 0.245 e. The molecule has 12 heavy (non-hydrogen) atoms. The summed E-state index contributed by atoms with van der Waals surface area (Å²) in [5, 5.41) is 2.50. The fraction of sp³-hybridized carbons (Fsp3) is 0.714. The molecule has 0 aliphatic rings. The van der Waals surface area contributed by atoms with Crippen LogP contribution in [0, 0.1) is 0 Å². The minimum absolute atomic E-state index is 0.140. The lowest BCUT2D eigenvalue weighted by Gasteiger charge is -2.03. The molecule has 0 saturated carbocycles. The molecule has 0 bridgehead atoms. The van der Waals surface area contributed by atoms with Gasteiger partial charge in [0.2, 0.25) is 11.8 Å². The van der Waals surface area contributed by atoms with Crippen molar-refractivity contribution in [2.75, 3.05) is 13.2 Å². The van der Waals surface area contributed by atoms with Gasteiger partial charge in [-0.05, 0) is 6.92 Å². The van der Waals surface area contributed by atoms with E-state index < -0.39 is 0 Å². The van der Waals surface area contributed by atoms with Crippen molar-refractivity contribution in [3.8, 4) is 0 Å². The van der Waals surface area contributed by atoms with Crippen molar-refractivity contribution >= 4 is 11.8 Å². The minimum atomic E-state index is -0.231. The second kappa shape index (κ2) is 6.60. The quantitative estimate of drug-likeness (QED) is 0.556. The topological polar surface area (TPSA) is 67.4 Å². The highest BCUT2D eigenvalue weighted by atomic mass is 16.6. The molecule has 0 unspecified atom stereocenters. The van der Waals surface area contributed by atoms with E-state index in [0.717, 1.165) is 0 Å². The highest BCUT2D eigenvalue weighted by molar-refractivity contribution is 5.77. The molecule has 0 heterocycles. The van der Waals surface area contributed by atoms with Crippen LogP contribution in [0.5, 0.6) is 0 Å². The van der Waals surface area contributed by atoms with Crippen molar-refractivity contribution in [2.45, 2.75) is 20.3 Å². The van der Waals surface area contributed by atoms with Crippen molar-refractivity contribution in [1.82, 2.24) is 10.8 Å². The SMILES string of the molecule is CCONC(=O)CCNC(C)=O. The Morgan fingerprint density at radius 1 is 1.42 bits per heavy atom. The van der Waals surface area contributed by atoms with Gasteiger partial charge in [-0.15, -0.1) is 0 Å². The van der Waals surface area contributed by atoms with E-state index in [9.17, 15) is 9.59 Å². The Morgan fingerprint density at radius 2 is 2.08 bits per heavy atom.